The predicted octanol–water partition coefficient (Wildman–Crippen LogP) is 2.68. The minimum Gasteiger partial charge on any atom is -0.456 e. The van der Waals surface area contributed by atoms with Gasteiger partial charge in [-0.05, 0) is 32.9 Å². The fraction of sp³-hybridized carbons (Fsp3) is 0.417. The quantitative estimate of drug-likeness (QED) is 0.813. The average Bonchev–Trinajstić information content (AvgIpc) is 2.14. The fourth-order valence-corrected chi connectivity index (χ4v) is 1.17. The van der Waals surface area contributed by atoms with Gasteiger partial charge in [-0.15, -0.1) is 0 Å². The molecule has 0 amide bonds. The minimum atomic E-state index is -3.96. The first-order chi connectivity index (χ1) is 7.59. The fourth-order valence-electron chi connectivity index (χ4n) is 1.17. The van der Waals surface area contributed by atoms with Crippen molar-refractivity contribution in [3.8, 4) is 0 Å². The van der Waals surface area contributed by atoms with Gasteiger partial charge in [-0.25, -0.2) is 4.79 Å². The van der Waals surface area contributed by atoms with Gasteiger partial charge in [0.05, 0.1) is 11.1 Å². The lowest BCUT2D eigenvalue weighted by Crippen LogP contribution is -2.24. The number of esters is 1. The van der Waals surface area contributed by atoms with Crippen molar-refractivity contribution in [2.24, 2.45) is 0 Å². The van der Waals surface area contributed by atoms with Gasteiger partial charge >= 0.3 is 12.1 Å². The van der Waals surface area contributed by atoms with Gasteiger partial charge in [-0.1, -0.05) is 12.1 Å². The normalized spacial score (nSPS) is 12.4. The van der Waals surface area contributed by atoms with Gasteiger partial charge in [0.25, 0.3) is 0 Å². The van der Waals surface area contributed by atoms with Gasteiger partial charge in [-0.3, -0.25) is 0 Å². The Labute approximate surface area is 98.0 Å². The Morgan fingerprint density at radius 1 is 1.29 bits per heavy atom. The molecule has 1 N–H and O–H groups in total. The highest BCUT2D eigenvalue weighted by atomic mass is 19.3. The first kappa shape index (κ1) is 13.6. The predicted molar refractivity (Wildman–Crippen MR) is 57.7 cm³/mol. The summed E-state index contributed by atoms with van der Waals surface area (Å²) in [7, 11) is 0. The maximum absolute atomic E-state index is 12.6. The van der Waals surface area contributed by atoms with Crippen LogP contribution >= 0.6 is 0 Å². The molecule has 0 saturated carbocycles. The molecule has 0 atom stereocenters. The van der Waals surface area contributed by atoms with Crippen molar-refractivity contribution in [3.05, 3.63) is 35.4 Å². The highest BCUT2D eigenvalue weighted by molar-refractivity contribution is 5.89. The first-order valence-corrected chi connectivity index (χ1v) is 5.04. The highest BCUT2D eigenvalue weighted by Gasteiger charge is 2.28. The molecule has 0 aromatic heterocycles. The summed E-state index contributed by atoms with van der Waals surface area (Å²) in [6.07, 6.45) is -3.96. The van der Waals surface area contributed by atoms with E-state index in [2.05, 4.69) is 0 Å². The Morgan fingerprint density at radius 3 is 2.35 bits per heavy atom. The van der Waals surface area contributed by atoms with E-state index in [9.17, 15) is 13.6 Å². The SMILES string of the molecule is CC(C)(C)OC(=O)c1cccc(C(O)(F)F)c1. The van der Waals surface area contributed by atoms with Crippen molar-refractivity contribution < 1.29 is 23.4 Å². The number of hydrogen-bond donors (Lipinski definition) is 1. The molecule has 1 aromatic rings. The standard InChI is InChI=1S/C12H14F2O3/c1-11(2,3)17-10(15)8-5-4-6-9(7-8)12(13,14)16/h4-7,16H,1-3H3. The summed E-state index contributed by atoms with van der Waals surface area (Å²) in [5.74, 6) is -0.705. The molecular weight excluding hydrogens is 230 g/mol. The van der Waals surface area contributed by atoms with Crippen molar-refractivity contribution in [1.29, 1.82) is 0 Å². The Morgan fingerprint density at radius 2 is 1.88 bits per heavy atom. The number of hydrogen-bond acceptors (Lipinski definition) is 3. The van der Waals surface area contributed by atoms with Gasteiger partial charge in [0.1, 0.15) is 5.60 Å². The first-order valence-electron chi connectivity index (χ1n) is 5.04. The van der Waals surface area contributed by atoms with E-state index in [1.807, 2.05) is 0 Å². The van der Waals surface area contributed by atoms with E-state index in [-0.39, 0.29) is 5.56 Å². The van der Waals surface area contributed by atoms with E-state index in [1.54, 1.807) is 20.8 Å². The Hall–Kier alpha value is -1.49. The second kappa shape index (κ2) is 4.41. The number of aliphatic hydroxyl groups is 1. The summed E-state index contributed by atoms with van der Waals surface area (Å²) in [6.45, 7) is 5.03. The number of rotatable bonds is 2. The summed E-state index contributed by atoms with van der Waals surface area (Å²) in [6, 6.07) is 4.56. The molecule has 1 rings (SSSR count). The van der Waals surface area contributed by atoms with Crippen molar-refractivity contribution in [3.63, 3.8) is 0 Å². The molecule has 0 spiro atoms. The van der Waals surface area contributed by atoms with Gasteiger partial charge < -0.3 is 9.84 Å². The third-order valence-electron chi connectivity index (χ3n) is 1.84. The van der Waals surface area contributed by atoms with Gasteiger partial charge in [0, 0.05) is 0 Å². The zero-order valence-corrected chi connectivity index (χ0v) is 9.83. The smallest absolute Gasteiger partial charge is 0.380 e. The number of carbonyl (C=O) groups is 1. The van der Waals surface area contributed by atoms with Crippen LogP contribution in [0.4, 0.5) is 8.78 Å². The van der Waals surface area contributed by atoms with E-state index in [1.165, 1.54) is 12.1 Å². The molecular formula is C12H14F2O3. The number of benzene rings is 1. The third kappa shape index (κ3) is 4.11. The minimum absolute atomic E-state index is 0.0221. The molecule has 0 aliphatic rings. The van der Waals surface area contributed by atoms with Crippen LogP contribution in [0.2, 0.25) is 0 Å². The Bertz CT molecular complexity index is 416. The molecule has 0 bridgehead atoms. The van der Waals surface area contributed by atoms with Crippen LogP contribution in [0, 0.1) is 0 Å². The lowest BCUT2D eigenvalue weighted by Gasteiger charge is -2.19. The molecule has 0 radical (unpaired) electrons. The molecule has 5 heteroatoms. The lowest BCUT2D eigenvalue weighted by molar-refractivity contribution is -0.208. The number of ether oxygens (including phenoxy) is 1. The van der Waals surface area contributed by atoms with Crippen LogP contribution in [0.3, 0.4) is 0 Å². The van der Waals surface area contributed by atoms with Crippen molar-refractivity contribution in [1.82, 2.24) is 0 Å². The van der Waals surface area contributed by atoms with Crippen LogP contribution in [-0.2, 0) is 10.8 Å². The van der Waals surface area contributed by atoms with E-state index in [4.69, 9.17) is 9.84 Å². The maximum atomic E-state index is 12.6. The molecule has 94 valence electrons. The Balaban J connectivity index is 2.97. The molecule has 3 nitrogen and oxygen atoms in total. The molecule has 0 fully saturated rings. The van der Waals surface area contributed by atoms with Gasteiger partial charge in [0.15, 0.2) is 0 Å². The van der Waals surface area contributed by atoms with Crippen LogP contribution in [0.5, 0.6) is 0 Å². The second-order valence-electron chi connectivity index (χ2n) is 4.62. The number of halogens is 2. The largest absolute Gasteiger partial charge is 0.456 e. The highest BCUT2D eigenvalue weighted by Crippen LogP contribution is 2.25. The molecule has 17 heavy (non-hydrogen) atoms. The van der Waals surface area contributed by atoms with E-state index in [0.29, 0.717) is 0 Å². The number of alkyl halides is 2. The molecule has 1 aromatic carbocycles. The van der Waals surface area contributed by atoms with Crippen LogP contribution in [0.25, 0.3) is 0 Å². The summed E-state index contributed by atoms with van der Waals surface area (Å²) in [5.41, 5.74) is -1.36. The van der Waals surface area contributed by atoms with E-state index < -0.39 is 23.2 Å². The zero-order chi connectivity index (χ0) is 13.3. The topological polar surface area (TPSA) is 46.5 Å². The van der Waals surface area contributed by atoms with E-state index in [0.717, 1.165) is 12.1 Å². The number of carbonyl (C=O) groups excluding carboxylic acids is 1. The van der Waals surface area contributed by atoms with Crippen molar-refractivity contribution in [2.45, 2.75) is 32.5 Å². The molecule has 0 saturated heterocycles. The molecule has 0 unspecified atom stereocenters. The zero-order valence-electron chi connectivity index (χ0n) is 9.83. The Kier molecular flexibility index (Phi) is 3.52. The van der Waals surface area contributed by atoms with Crippen LogP contribution in [-0.4, -0.2) is 16.7 Å². The van der Waals surface area contributed by atoms with Crippen LogP contribution < -0.4 is 0 Å². The maximum Gasteiger partial charge on any atom is 0.380 e. The molecule has 0 aliphatic heterocycles. The summed E-state index contributed by atoms with van der Waals surface area (Å²) in [4.78, 5) is 11.6. The average molecular weight is 244 g/mol. The van der Waals surface area contributed by atoms with Crippen LogP contribution in [0.1, 0.15) is 36.7 Å². The molecule has 0 heterocycles. The molecule has 0 aliphatic carbocycles. The van der Waals surface area contributed by atoms with Crippen molar-refractivity contribution >= 4 is 5.97 Å². The lowest BCUT2D eigenvalue weighted by atomic mass is 10.1. The third-order valence-corrected chi connectivity index (χ3v) is 1.84. The summed E-state index contributed by atoms with van der Waals surface area (Å²) in [5, 5.41) is 8.54. The van der Waals surface area contributed by atoms with Crippen molar-refractivity contribution in [2.75, 3.05) is 0 Å². The summed E-state index contributed by atoms with van der Waals surface area (Å²) >= 11 is 0. The van der Waals surface area contributed by atoms with Gasteiger partial charge in [0.2, 0.25) is 0 Å². The summed E-state index contributed by atoms with van der Waals surface area (Å²) < 4.78 is 30.3. The monoisotopic (exact) mass is 244 g/mol. The van der Waals surface area contributed by atoms with E-state index >= 15 is 0 Å². The van der Waals surface area contributed by atoms with Gasteiger partial charge in [-0.2, -0.15) is 8.78 Å². The second-order valence-corrected chi connectivity index (χ2v) is 4.62. The van der Waals surface area contributed by atoms with Crippen LogP contribution in [0.15, 0.2) is 24.3 Å².